The summed E-state index contributed by atoms with van der Waals surface area (Å²) in [6.45, 7) is 4.00. The van der Waals surface area contributed by atoms with E-state index in [-0.39, 0.29) is 0 Å². The first-order valence-electron chi connectivity index (χ1n) is 3.61. The predicted octanol–water partition coefficient (Wildman–Crippen LogP) is 3.38. The minimum absolute atomic E-state index is 0.695. The summed E-state index contributed by atoms with van der Waals surface area (Å²) in [6.07, 6.45) is 3.53. The molecule has 0 radical (unpaired) electrons. The van der Waals surface area contributed by atoms with Gasteiger partial charge in [-0.2, -0.15) is 0 Å². The minimum Gasteiger partial charge on any atom is -0.440 e. The third-order valence-corrected chi connectivity index (χ3v) is 1.25. The SMILES string of the molecule is C=POc1ccccc1.CC. The summed E-state index contributed by atoms with van der Waals surface area (Å²) in [5, 5.41) is 0. The third kappa shape index (κ3) is 4.58. The van der Waals surface area contributed by atoms with Gasteiger partial charge in [-0.3, -0.25) is 0 Å². The maximum Gasteiger partial charge on any atom is 0.131 e. The van der Waals surface area contributed by atoms with Crippen LogP contribution < -0.4 is 4.52 Å². The van der Waals surface area contributed by atoms with Crippen molar-refractivity contribution in [2.75, 3.05) is 0 Å². The second kappa shape index (κ2) is 7.30. The quantitative estimate of drug-likeness (QED) is 0.615. The van der Waals surface area contributed by atoms with Crippen molar-refractivity contribution in [2.45, 2.75) is 13.8 Å². The maximum absolute atomic E-state index is 5.07. The van der Waals surface area contributed by atoms with E-state index in [2.05, 4.69) is 6.30 Å². The first-order valence-corrected chi connectivity index (χ1v) is 4.61. The van der Waals surface area contributed by atoms with Crippen LogP contribution in [0.15, 0.2) is 30.3 Å². The van der Waals surface area contributed by atoms with E-state index in [4.69, 9.17) is 4.52 Å². The molecule has 0 unspecified atom stereocenters. The lowest BCUT2D eigenvalue weighted by atomic mass is 10.3. The Morgan fingerprint density at radius 3 is 2.18 bits per heavy atom. The number of benzene rings is 1. The highest BCUT2D eigenvalue weighted by Gasteiger charge is 1.83. The van der Waals surface area contributed by atoms with E-state index in [1.54, 1.807) is 0 Å². The van der Waals surface area contributed by atoms with Crippen LogP contribution in [-0.2, 0) is 0 Å². The molecule has 60 valence electrons. The van der Waals surface area contributed by atoms with E-state index in [0.717, 1.165) is 5.75 Å². The number of para-hydroxylation sites is 1. The molecule has 1 aromatic rings. The van der Waals surface area contributed by atoms with Gasteiger partial charge in [0, 0.05) is 0 Å². The first-order chi connectivity index (χ1) is 5.43. The van der Waals surface area contributed by atoms with E-state index < -0.39 is 0 Å². The summed E-state index contributed by atoms with van der Waals surface area (Å²) in [4.78, 5) is 0. The zero-order valence-corrected chi connectivity index (χ0v) is 7.84. The molecule has 0 heterocycles. The molecule has 0 spiro atoms. The number of hydrogen-bond donors (Lipinski definition) is 0. The van der Waals surface area contributed by atoms with Crippen LogP contribution in [0.5, 0.6) is 5.75 Å². The smallest absolute Gasteiger partial charge is 0.131 e. The summed E-state index contributed by atoms with van der Waals surface area (Å²) >= 11 is 0. The second-order valence-corrected chi connectivity index (χ2v) is 1.97. The Morgan fingerprint density at radius 1 is 1.18 bits per heavy atom. The number of rotatable bonds is 2. The molecule has 0 amide bonds. The molecule has 11 heavy (non-hydrogen) atoms. The molecule has 0 fully saturated rings. The van der Waals surface area contributed by atoms with Crippen molar-refractivity contribution in [3.63, 3.8) is 0 Å². The molecule has 1 rings (SSSR count). The number of hydrogen-bond acceptors (Lipinski definition) is 1. The average Bonchev–Trinajstić information content (AvgIpc) is 2.11. The lowest BCUT2D eigenvalue weighted by Gasteiger charge is -1.93. The van der Waals surface area contributed by atoms with Gasteiger partial charge in [-0.1, -0.05) is 32.0 Å². The van der Waals surface area contributed by atoms with Crippen LogP contribution in [0.1, 0.15) is 13.8 Å². The molecule has 0 N–H and O–H groups in total. The van der Waals surface area contributed by atoms with Crippen molar-refractivity contribution in [1.82, 2.24) is 0 Å². The van der Waals surface area contributed by atoms with Gasteiger partial charge in [0.05, 0.1) is 0 Å². The van der Waals surface area contributed by atoms with Gasteiger partial charge in [0.25, 0.3) is 0 Å². The molecule has 0 aromatic heterocycles. The van der Waals surface area contributed by atoms with Crippen molar-refractivity contribution in [1.29, 1.82) is 0 Å². The molecule has 0 saturated carbocycles. The fourth-order valence-electron chi connectivity index (χ4n) is 0.556. The van der Waals surface area contributed by atoms with E-state index in [1.165, 1.54) is 0 Å². The Labute approximate surface area is 69.9 Å². The minimum atomic E-state index is 0.695. The Balaban J connectivity index is 0.000000461. The largest absolute Gasteiger partial charge is 0.440 e. The van der Waals surface area contributed by atoms with Gasteiger partial charge >= 0.3 is 0 Å². The summed E-state index contributed by atoms with van der Waals surface area (Å²) in [5.41, 5.74) is 0. The molecule has 0 aliphatic rings. The topological polar surface area (TPSA) is 9.23 Å². The van der Waals surface area contributed by atoms with Crippen LogP contribution in [-0.4, -0.2) is 6.30 Å². The highest BCUT2D eigenvalue weighted by atomic mass is 31.1. The van der Waals surface area contributed by atoms with Crippen molar-refractivity contribution in [3.8, 4) is 5.75 Å². The van der Waals surface area contributed by atoms with Crippen LogP contribution in [0.2, 0.25) is 0 Å². The summed E-state index contributed by atoms with van der Waals surface area (Å²) < 4.78 is 5.07. The van der Waals surface area contributed by atoms with E-state index >= 15 is 0 Å². The Morgan fingerprint density at radius 2 is 1.73 bits per heavy atom. The summed E-state index contributed by atoms with van der Waals surface area (Å²) in [7, 11) is 0.695. The molecular formula is C9H13OP. The monoisotopic (exact) mass is 168 g/mol. The van der Waals surface area contributed by atoms with Gasteiger partial charge < -0.3 is 4.52 Å². The van der Waals surface area contributed by atoms with Gasteiger partial charge in [-0.05, 0) is 18.4 Å². The van der Waals surface area contributed by atoms with Gasteiger partial charge in [0.2, 0.25) is 0 Å². The van der Waals surface area contributed by atoms with Crippen molar-refractivity contribution >= 4 is 14.7 Å². The second-order valence-electron chi connectivity index (χ2n) is 1.53. The van der Waals surface area contributed by atoms with Gasteiger partial charge in [-0.25, -0.2) is 0 Å². The molecule has 0 saturated heterocycles. The van der Waals surface area contributed by atoms with E-state index in [1.807, 2.05) is 44.2 Å². The molecule has 0 aliphatic carbocycles. The Kier molecular flexibility index (Phi) is 6.76. The highest BCUT2D eigenvalue weighted by Crippen LogP contribution is 2.12. The predicted molar refractivity (Wildman–Crippen MR) is 52.5 cm³/mol. The van der Waals surface area contributed by atoms with Crippen molar-refractivity contribution in [3.05, 3.63) is 30.3 Å². The average molecular weight is 168 g/mol. The zero-order chi connectivity index (χ0) is 8.53. The molecule has 1 aromatic carbocycles. The van der Waals surface area contributed by atoms with Gasteiger partial charge in [0.1, 0.15) is 14.2 Å². The lowest BCUT2D eigenvalue weighted by molar-refractivity contribution is 0.644. The Hall–Kier alpha value is -0.810. The molecule has 0 bridgehead atoms. The van der Waals surface area contributed by atoms with Crippen LogP contribution in [0.4, 0.5) is 0 Å². The summed E-state index contributed by atoms with van der Waals surface area (Å²) in [6, 6.07) is 9.62. The fraction of sp³-hybridized carbons (Fsp3) is 0.222. The van der Waals surface area contributed by atoms with Crippen LogP contribution in [0.3, 0.4) is 0 Å². The van der Waals surface area contributed by atoms with Gasteiger partial charge in [-0.15, -0.1) is 0 Å². The Bertz CT molecular complexity index is 184. The fourth-order valence-corrected chi connectivity index (χ4v) is 0.827. The standard InChI is InChI=1S/C7H7OP.C2H6/c1-9-8-7-5-3-2-4-6-7;1-2/h2-6H,1H2;1-2H3. The highest BCUT2D eigenvalue weighted by molar-refractivity contribution is 7.31. The molecular weight excluding hydrogens is 155 g/mol. The van der Waals surface area contributed by atoms with Gasteiger partial charge in [0.15, 0.2) is 0 Å². The zero-order valence-electron chi connectivity index (χ0n) is 6.95. The van der Waals surface area contributed by atoms with Crippen molar-refractivity contribution in [2.24, 2.45) is 0 Å². The van der Waals surface area contributed by atoms with Crippen molar-refractivity contribution < 1.29 is 4.52 Å². The van der Waals surface area contributed by atoms with E-state index in [9.17, 15) is 0 Å². The van der Waals surface area contributed by atoms with Crippen LogP contribution in [0, 0.1) is 0 Å². The normalized spacial score (nSPS) is 8.18. The van der Waals surface area contributed by atoms with Crippen LogP contribution in [0.25, 0.3) is 0 Å². The lowest BCUT2D eigenvalue weighted by Crippen LogP contribution is -1.70. The molecule has 1 nitrogen and oxygen atoms in total. The molecule has 2 heteroatoms. The van der Waals surface area contributed by atoms with E-state index in [0.29, 0.717) is 8.43 Å². The van der Waals surface area contributed by atoms with Crippen LogP contribution >= 0.6 is 8.43 Å². The molecule has 0 atom stereocenters. The third-order valence-electron chi connectivity index (χ3n) is 0.913. The maximum atomic E-state index is 5.07. The summed E-state index contributed by atoms with van der Waals surface area (Å²) in [5.74, 6) is 0.870. The molecule has 0 aliphatic heterocycles. The first kappa shape index (κ1) is 10.2.